The van der Waals surface area contributed by atoms with E-state index in [2.05, 4.69) is 25.3 Å². The third-order valence-corrected chi connectivity index (χ3v) is 5.00. The van der Waals surface area contributed by atoms with Crippen molar-refractivity contribution in [3.8, 4) is 0 Å². The Morgan fingerprint density at radius 1 is 1.26 bits per heavy atom. The quantitative estimate of drug-likeness (QED) is 0.765. The number of anilines is 1. The van der Waals surface area contributed by atoms with Gasteiger partial charge in [0.25, 0.3) is 5.71 Å². The van der Waals surface area contributed by atoms with Crippen LogP contribution in [0.25, 0.3) is 11.1 Å². The number of carbonyl (C=O) groups is 1. The first-order valence-corrected chi connectivity index (χ1v) is 9.29. The van der Waals surface area contributed by atoms with Gasteiger partial charge in [-0.1, -0.05) is 35.5 Å². The normalized spacial score (nSPS) is 17.3. The van der Waals surface area contributed by atoms with Crippen molar-refractivity contribution < 1.29 is 9.32 Å². The fourth-order valence-electron chi connectivity index (χ4n) is 3.61. The summed E-state index contributed by atoms with van der Waals surface area (Å²) >= 11 is 0. The molecule has 0 aliphatic carbocycles. The lowest BCUT2D eigenvalue weighted by atomic mass is 9.96. The van der Waals surface area contributed by atoms with E-state index in [1.54, 1.807) is 0 Å². The molecule has 1 N–H and O–H groups in total. The lowest BCUT2D eigenvalue weighted by Crippen LogP contribution is -2.43. The van der Waals surface area contributed by atoms with Gasteiger partial charge in [0.15, 0.2) is 0 Å². The zero-order chi connectivity index (χ0) is 18.8. The van der Waals surface area contributed by atoms with Gasteiger partial charge in [0.05, 0.1) is 11.6 Å². The molecule has 7 nitrogen and oxygen atoms in total. The van der Waals surface area contributed by atoms with Crippen LogP contribution in [0.3, 0.4) is 0 Å². The van der Waals surface area contributed by atoms with Gasteiger partial charge in [-0.15, -0.1) is 0 Å². The second-order valence-electron chi connectivity index (χ2n) is 7.03. The number of amides is 1. The van der Waals surface area contributed by atoms with Gasteiger partial charge in [-0.2, -0.15) is 4.98 Å². The Hall–Kier alpha value is -2.96. The van der Waals surface area contributed by atoms with Crippen LogP contribution in [-0.2, 0) is 11.3 Å². The number of rotatable bonds is 4. The first-order valence-electron chi connectivity index (χ1n) is 9.29. The molecule has 1 unspecified atom stereocenters. The fourth-order valence-corrected chi connectivity index (χ4v) is 3.61. The van der Waals surface area contributed by atoms with E-state index in [1.165, 1.54) is 0 Å². The number of hydrogen-bond acceptors (Lipinski definition) is 6. The smallest absolute Gasteiger partial charge is 0.263 e. The summed E-state index contributed by atoms with van der Waals surface area (Å²) < 4.78 is 5.32. The van der Waals surface area contributed by atoms with E-state index in [0.29, 0.717) is 24.6 Å². The molecule has 1 atom stereocenters. The third-order valence-electron chi connectivity index (χ3n) is 5.00. The van der Waals surface area contributed by atoms with Gasteiger partial charge in [-0.25, -0.2) is 4.98 Å². The number of fused-ring (bicyclic) bond motifs is 1. The zero-order valence-corrected chi connectivity index (χ0v) is 15.6. The topological polar surface area (TPSA) is 84.2 Å². The van der Waals surface area contributed by atoms with Gasteiger partial charge in [0.1, 0.15) is 17.0 Å². The molecule has 3 aromatic rings. The number of nitrogens with zero attached hydrogens (tertiary/aromatic N) is 4. The summed E-state index contributed by atoms with van der Waals surface area (Å²) in [5, 5.41) is 7.93. The van der Waals surface area contributed by atoms with Gasteiger partial charge >= 0.3 is 0 Å². The summed E-state index contributed by atoms with van der Waals surface area (Å²) in [6.07, 6.45) is 1.82. The van der Waals surface area contributed by atoms with Crippen LogP contribution in [-0.4, -0.2) is 34.1 Å². The van der Waals surface area contributed by atoms with Crippen LogP contribution in [0.15, 0.2) is 34.9 Å². The van der Waals surface area contributed by atoms with Crippen LogP contribution in [0.2, 0.25) is 0 Å². The molecule has 140 valence electrons. The maximum atomic E-state index is 12.7. The lowest BCUT2D eigenvalue weighted by molar-refractivity contribution is -0.125. The summed E-state index contributed by atoms with van der Waals surface area (Å²) in [7, 11) is 0. The van der Waals surface area contributed by atoms with E-state index in [9.17, 15) is 4.79 Å². The maximum Gasteiger partial charge on any atom is 0.263 e. The maximum absolute atomic E-state index is 12.7. The number of hydrogen-bond donors (Lipinski definition) is 1. The average Bonchev–Trinajstić information content (AvgIpc) is 3.07. The molecule has 0 spiro atoms. The van der Waals surface area contributed by atoms with Crippen molar-refractivity contribution in [2.24, 2.45) is 5.92 Å². The molecule has 0 bridgehead atoms. The summed E-state index contributed by atoms with van der Waals surface area (Å²) in [6, 6.07) is 9.97. The Kier molecular flexibility index (Phi) is 4.75. The predicted octanol–water partition coefficient (Wildman–Crippen LogP) is 2.77. The second-order valence-corrected chi connectivity index (χ2v) is 7.03. The minimum atomic E-state index is -0.0621. The van der Waals surface area contributed by atoms with Crippen molar-refractivity contribution in [3.63, 3.8) is 0 Å². The highest BCUT2D eigenvalue weighted by Gasteiger charge is 2.28. The van der Waals surface area contributed by atoms with E-state index in [4.69, 9.17) is 4.52 Å². The highest BCUT2D eigenvalue weighted by atomic mass is 16.5. The Bertz CT molecular complexity index is 954. The van der Waals surface area contributed by atoms with Gasteiger partial charge in [-0.3, -0.25) is 4.79 Å². The summed E-state index contributed by atoms with van der Waals surface area (Å²) in [5.74, 6) is 1.49. The molecule has 3 heterocycles. The van der Waals surface area contributed by atoms with Crippen LogP contribution in [0.1, 0.15) is 29.9 Å². The summed E-state index contributed by atoms with van der Waals surface area (Å²) in [4.78, 5) is 23.8. The molecule has 1 aromatic carbocycles. The molecule has 1 saturated heterocycles. The molecule has 0 radical (unpaired) electrons. The second kappa shape index (κ2) is 7.34. The largest absolute Gasteiger partial charge is 0.355 e. The van der Waals surface area contributed by atoms with E-state index < -0.39 is 0 Å². The van der Waals surface area contributed by atoms with Crippen molar-refractivity contribution in [1.82, 2.24) is 20.4 Å². The molecule has 1 fully saturated rings. The highest BCUT2D eigenvalue weighted by Crippen LogP contribution is 2.30. The number of carbonyl (C=O) groups excluding carboxylic acids is 1. The Balaban J connectivity index is 1.50. The van der Waals surface area contributed by atoms with Crippen molar-refractivity contribution in [2.75, 3.05) is 18.0 Å². The highest BCUT2D eigenvalue weighted by molar-refractivity contribution is 5.88. The lowest BCUT2D eigenvalue weighted by Gasteiger charge is -2.33. The number of aromatic nitrogens is 3. The molecular formula is C20H23N5O2. The number of benzene rings is 1. The molecule has 1 amide bonds. The summed E-state index contributed by atoms with van der Waals surface area (Å²) in [6.45, 7) is 5.78. The minimum Gasteiger partial charge on any atom is -0.355 e. The van der Waals surface area contributed by atoms with E-state index in [0.717, 1.165) is 41.8 Å². The fraction of sp³-hybridized carbons (Fsp3) is 0.400. The van der Waals surface area contributed by atoms with Gasteiger partial charge in [-0.05, 0) is 32.3 Å². The first kappa shape index (κ1) is 17.5. The van der Waals surface area contributed by atoms with Gasteiger partial charge < -0.3 is 14.7 Å². The Morgan fingerprint density at radius 3 is 2.89 bits per heavy atom. The standard InChI is InChI=1S/C20H23N5O2/c1-13-17-18(22-14(2)23-20(17)27-24-13)25-10-6-9-16(12-25)19(26)21-11-15-7-4-3-5-8-15/h3-5,7-8,16H,6,9-12H2,1-2H3,(H,21,26). The Morgan fingerprint density at radius 2 is 2.07 bits per heavy atom. The van der Waals surface area contributed by atoms with E-state index >= 15 is 0 Å². The molecule has 1 aliphatic rings. The van der Waals surface area contributed by atoms with Crippen LogP contribution >= 0.6 is 0 Å². The number of nitrogens with one attached hydrogen (secondary N) is 1. The average molecular weight is 365 g/mol. The van der Waals surface area contributed by atoms with E-state index in [1.807, 2.05) is 44.2 Å². The van der Waals surface area contributed by atoms with Crippen molar-refractivity contribution >= 4 is 22.8 Å². The Labute approximate surface area is 157 Å². The van der Waals surface area contributed by atoms with Crippen LogP contribution in [0.5, 0.6) is 0 Å². The van der Waals surface area contributed by atoms with Crippen molar-refractivity contribution in [1.29, 1.82) is 0 Å². The van der Waals surface area contributed by atoms with Crippen molar-refractivity contribution in [2.45, 2.75) is 33.2 Å². The zero-order valence-electron chi connectivity index (χ0n) is 15.6. The first-order chi connectivity index (χ1) is 13.1. The van der Waals surface area contributed by atoms with Gasteiger partial charge in [0, 0.05) is 19.6 Å². The summed E-state index contributed by atoms with van der Waals surface area (Å²) in [5.41, 5.74) is 2.38. The van der Waals surface area contributed by atoms with Crippen LogP contribution in [0, 0.1) is 19.8 Å². The number of piperidine rings is 1. The number of aryl methyl sites for hydroxylation is 2. The molecular weight excluding hydrogens is 342 g/mol. The van der Waals surface area contributed by atoms with Crippen molar-refractivity contribution in [3.05, 3.63) is 47.4 Å². The van der Waals surface area contributed by atoms with E-state index in [-0.39, 0.29) is 11.8 Å². The minimum absolute atomic E-state index is 0.0621. The molecule has 0 saturated carbocycles. The molecule has 2 aromatic heterocycles. The van der Waals surface area contributed by atoms with Crippen LogP contribution in [0.4, 0.5) is 5.82 Å². The van der Waals surface area contributed by atoms with Gasteiger partial charge in [0.2, 0.25) is 5.91 Å². The molecule has 4 rings (SSSR count). The monoisotopic (exact) mass is 365 g/mol. The molecule has 27 heavy (non-hydrogen) atoms. The molecule has 7 heteroatoms. The molecule has 1 aliphatic heterocycles. The third kappa shape index (κ3) is 3.63. The SMILES string of the molecule is Cc1nc(N2CCCC(C(=O)NCc3ccccc3)C2)c2c(C)noc2n1. The van der Waals surface area contributed by atoms with Crippen LogP contribution < -0.4 is 10.2 Å². The predicted molar refractivity (Wildman–Crippen MR) is 102 cm³/mol.